The van der Waals surface area contributed by atoms with Gasteiger partial charge in [0.2, 0.25) is 0 Å². The van der Waals surface area contributed by atoms with Crippen LogP contribution in [-0.4, -0.2) is 66.5 Å². The van der Waals surface area contributed by atoms with Crippen LogP contribution in [0.1, 0.15) is 6.92 Å². The Kier molecular flexibility index (Phi) is 5.29. The Balaban J connectivity index is 1.66. The minimum absolute atomic E-state index is 0.0661. The van der Waals surface area contributed by atoms with Gasteiger partial charge in [0.15, 0.2) is 5.65 Å². The lowest BCUT2D eigenvalue weighted by atomic mass is 10.2. The predicted octanol–water partition coefficient (Wildman–Crippen LogP) is 3.86. The third kappa shape index (κ3) is 3.82. The van der Waals surface area contributed by atoms with Crippen molar-refractivity contribution in [3.63, 3.8) is 0 Å². The number of nitrogens with zero attached hydrogens (tertiary/aromatic N) is 7. The van der Waals surface area contributed by atoms with Crippen molar-refractivity contribution in [3.05, 3.63) is 59.6 Å². The number of amides is 1. The molecule has 9 nitrogen and oxygen atoms in total. The zero-order valence-corrected chi connectivity index (χ0v) is 18.3. The van der Waals surface area contributed by atoms with Crippen molar-refractivity contribution < 1.29 is 14.3 Å². The van der Waals surface area contributed by atoms with E-state index in [4.69, 9.17) is 16.6 Å². The minimum Gasteiger partial charge on any atom is -0.465 e. The highest BCUT2D eigenvalue weighted by Gasteiger charge is 2.28. The molecule has 0 unspecified atom stereocenters. The fourth-order valence-electron chi connectivity index (χ4n) is 4.09. The summed E-state index contributed by atoms with van der Waals surface area (Å²) in [5, 5.41) is 17.5. The van der Waals surface area contributed by atoms with Crippen LogP contribution in [0.3, 0.4) is 0 Å². The summed E-state index contributed by atoms with van der Waals surface area (Å²) in [5.74, 6) is 0.560. The minimum atomic E-state index is -0.929. The monoisotopic (exact) mass is 467 g/mol. The molecule has 4 heterocycles. The van der Waals surface area contributed by atoms with Crippen molar-refractivity contribution in [2.45, 2.75) is 13.0 Å². The third-order valence-corrected chi connectivity index (χ3v) is 5.91. The Morgan fingerprint density at radius 3 is 2.73 bits per heavy atom. The van der Waals surface area contributed by atoms with Gasteiger partial charge in [0, 0.05) is 30.7 Å². The fraction of sp³-hybridized carbons (Fsp3) is 0.227. The van der Waals surface area contributed by atoms with Crippen molar-refractivity contribution in [2.75, 3.05) is 24.5 Å². The highest BCUT2D eigenvalue weighted by atomic mass is 35.5. The Labute approximate surface area is 193 Å². The van der Waals surface area contributed by atoms with Crippen LogP contribution in [0.15, 0.2) is 48.8 Å². The number of anilines is 1. The van der Waals surface area contributed by atoms with Gasteiger partial charge in [0.05, 0.1) is 23.6 Å². The van der Waals surface area contributed by atoms with Crippen LogP contribution in [0.2, 0.25) is 5.02 Å². The summed E-state index contributed by atoms with van der Waals surface area (Å²) in [6, 6.07) is 9.65. The van der Waals surface area contributed by atoms with Crippen LogP contribution >= 0.6 is 11.6 Å². The zero-order valence-electron chi connectivity index (χ0n) is 17.6. The molecule has 0 radical (unpaired) electrons. The zero-order chi connectivity index (χ0) is 23.1. The highest BCUT2D eigenvalue weighted by Crippen LogP contribution is 2.32. The standard InChI is InChI=1S/C22H19ClFN7O2/c1-13-12-29(22(32)33)8-9-30(13)19-5-4-18-21(28-19)31(15-6-7-25-26-11-15)20(27-18)16-10-14(23)2-3-17(16)24/h2-7,10-11,13H,8-9,12H2,1H3,(H,32,33)/t13-/m1/s1. The average molecular weight is 468 g/mol. The maximum Gasteiger partial charge on any atom is 0.407 e. The first-order valence-corrected chi connectivity index (χ1v) is 10.7. The second-order valence-corrected chi connectivity index (χ2v) is 8.22. The Morgan fingerprint density at radius 1 is 1.15 bits per heavy atom. The smallest absolute Gasteiger partial charge is 0.407 e. The molecule has 3 aromatic heterocycles. The molecule has 1 aromatic carbocycles. The first kappa shape index (κ1) is 21.1. The van der Waals surface area contributed by atoms with Crippen LogP contribution in [-0.2, 0) is 0 Å². The summed E-state index contributed by atoms with van der Waals surface area (Å²) in [4.78, 5) is 24.3. The lowest BCUT2D eigenvalue weighted by molar-refractivity contribution is 0.136. The molecule has 1 N–H and O–H groups in total. The van der Waals surface area contributed by atoms with Gasteiger partial charge in [-0.25, -0.2) is 19.2 Å². The number of halogens is 2. The number of pyridine rings is 1. The first-order valence-electron chi connectivity index (χ1n) is 10.3. The van der Waals surface area contributed by atoms with Crippen molar-refractivity contribution in [3.8, 4) is 17.1 Å². The van der Waals surface area contributed by atoms with Gasteiger partial charge in [0.1, 0.15) is 23.0 Å². The molecule has 1 aliphatic heterocycles. The molecule has 1 fully saturated rings. The van der Waals surface area contributed by atoms with E-state index >= 15 is 0 Å². The molecule has 33 heavy (non-hydrogen) atoms. The van der Waals surface area contributed by atoms with Gasteiger partial charge in [-0.2, -0.15) is 10.2 Å². The van der Waals surface area contributed by atoms with Crippen molar-refractivity contribution >= 4 is 34.7 Å². The van der Waals surface area contributed by atoms with Gasteiger partial charge in [-0.15, -0.1) is 0 Å². The van der Waals surface area contributed by atoms with Gasteiger partial charge < -0.3 is 14.9 Å². The van der Waals surface area contributed by atoms with Gasteiger partial charge in [0.25, 0.3) is 0 Å². The van der Waals surface area contributed by atoms with Crippen molar-refractivity contribution in [1.29, 1.82) is 0 Å². The van der Waals surface area contributed by atoms with Gasteiger partial charge in [-0.1, -0.05) is 11.6 Å². The number of hydrogen-bond donors (Lipinski definition) is 1. The van der Waals surface area contributed by atoms with E-state index in [2.05, 4.69) is 20.1 Å². The van der Waals surface area contributed by atoms with Crippen LogP contribution in [0.5, 0.6) is 0 Å². The molecular formula is C22H19ClFN7O2. The van der Waals surface area contributed by atoms with E-state index in [1.807, 2.05) is 19.1 Å². The summed E-state index contributed by atoms with van der Waals surface area (Å²) in [6.07, 6.45) is 2.16. The van der Waals surface area contributed by atoms with Gasteiger partial charge in [-0.05, 0) is 43.3 Å². The molecule has 1 amide bonds. The maximum absolute atomic E-state index is 14.8. The van der Waals surface area contributed by atoms with E-state index < -0.39 is 11.9 Å². The molecule has 1 aliphatic rings. The molecule has 0 spiro atoms. The lowest BCUT2D eigenvalue weighted by Crippen LogP contribution is -2.53. The topological polar surface area (TPSA) is 100 Å². The normalized spacial score (nSPS) is 16.4. The van der Waals surface area contributed by atoms with E-state index in [0.29, 0.717) is 53.2 Å². The van der Waals surface area contributed by atoms with E-state index in [1.165, 1.54) is 29.3 Å². The number of carboxylic acid groups (broad SMARTS) is 1. The highest BCUT2D eigenvalue weighted by molar-refractivity contribution is 6.30. The molecular weight excluding hydrogens is 449 g/mol. The van der Waals surface area contributed by atoms with E-state index in [9.17, 15) is 14.3 Å². The van der Waals surface area contributed by atoms with E-state index in [0.717, 1.165) is 0 Å². The van der Waals surface area contributed by atoms with Gasteiger partial charge in [-0.3, -0.25) is 4.57 Å². The van der Waals surface area contributed by atoms with Gasteiger partial charge >= 0.3 is 6.09 Å². The Morgan fingerprint density at radius 2 is 2.00 bits per heavy atom. The van der Waals surface area contributed by atoms with E-state index in [-0.39, 0.29) is 11.6 Å². The summed E-state index contributed by atoms with van der Waals surface area (Å²) in [7, 11) is 0. The van der Waals surface area contributed by atoms with E-state index in [1.54, 1.807) is 16.8 Å². The number of piperazine rings is 1. The lowest BCUT2D eigenvalue weighted by Gasteiger charge is -2.39. The fourth-order valence-corrected chi connectivity index (χ4v) is 4.26. The van der Waals surface area contributed by atoms with Crippen LogP contribution < -0.4 is 4.90 Å². The second-order valence-electron chi connectivity index (χ2n) is 7.78. The van der Waals surface area contributed by atoms with Crippen molar-refractivity contribution in [2.24, 2.45) is 0 Å². The maximum atomic E-state index is 14.8. The number of rotatable bonds is 3. The number of hydrogen-bond acceptors (Lipinski definition) is 6. The third-order valence-electron chi connectivity index (χ3n) is 5.68. The summed E-state index contributed by atoms with van der Waals surface area (Å²) < 4.78 is 16.5. The molecule has 168 valence electrons. The van der Waals surface area contributed by atoms with Crippen LogP contribution in [0, 0.1) is 5.82 Å². The number of imidazole rings is 1. The summed E-state index contributed by atoms with van der Waals surface area (Å²) in [6.45, 7) is 3.22. The van der Waals surface area contributed by atoms with Crippen LogP contribution in [0.4, 0.5) is 15.0 Å². The second kappa shape index (κ2) is 8.28. The molecule has 1 saturated heterocycles. The van der Waals surface area contributed by atoms with Crippen LogP contribution in [0.25, 0.3) is 28.2 Å². The number of benzene rings is 1. The largest absolute Gasteiger partial charge is 0.465 e. The molecule has 0 saturated carbocycles. The molecule has 0 aliphatic carbocycles. The molecule has 1 atom stereocenters. The molecule has 0 bridgehead atoms. The van der Waals surface area contributed by atoms with Crippen molar-refractivity contribution in [1.82, 2.24) is 29.6 Å². The predicted molar refractivity (Wildman–Crippen MR) is 121 cm³/mol. The summed E-state index contributed by atoms with van der Waals surface area (Å²) >= 11 is 6.15. The molecule has 11 heteroatoms. The SMILES string of the molecule is C[C@@H]1CN(C(=O)O)CCN1c1ccc2nc(-c3cc(Cl)ccc3F)n(-c3ccnnc3)c2n1. The summed E-state index contributed by atoms with van der Waals surface area (Å²) in [5.41, 5.74) is 1.95. The Bertz CT molecular complexity index is 1350. The first-order chi connectivity index (χ1) is 15.9. The molecule has 4 aromatic rings. The number of aromatic nitrogens is 5. The number of fused-ring (bicyclic) bond motifs is 1. The molecule has 5 rings (SSSR count). The average Bonchev–Trinajstić information content (AvgIpc) is 3.19. The number of carbonyl (C=O) groups is 1. The quantitative estimate of drug-likeness (QED) is 0.488. The Hall–Kier alpha value is -3.79.